The summed E-state index contributed by atoms with van der Waals surface area (Å²) >= 11 is 6.35. The van der Waals surface area contributed by atoms with E-state index in [-0.39, 0.29) is 11.7 Å². The van der Waals surface area contributed by atoms with Crippen LogP contribution in [0.5, 0.6) is 0 Å². The maximum Gasteiger partial charge on any atom is 0.291 e. The van der Waals surface area contributed by atoms with Crippen molar-refractivity contribution in [1.29, 1.82) is 0 Å². The molecule has 6 nitrogen and oxygen atoms in total. The molecule has 1 amide bonds. The van der Waals surface area contributed by atoms with Gasteiger partial charge in [-0.25, -0.2) is 9.98 Å². The first-order valence-corrected chi connectivity index (χ1v) is 8.37. The van der Waals surface area contributed by atoms with Gasteiger partial charge < -0.3 is 15.5 Å². The fourth-order valence-electron chi connectivity index (χ4n) is 2.83. The zero-order chi connectivity index (χ0) is 18.3. The van der Waals surface area contributed by atoms with Crippen LogP contribution in [0.25, 0.3) is 0 Å². The molecule has 0 spiro atoms. The zero-order valence-electron chi connectivity index (χ0n) is 13.9. The summed E-state index contributed by atoms with van der Waals surface area (Å²) < 4.78 is 5.34. The van der Waals surface area contributed by atoms with E-state index < -0.39 is 0 Å². The van der Waals surface area contributed by atoms with Gasteiger partial charge in [0.2, 0.25) is 0 Å². The summed E-state index contributed by atoms with van der Waals surface area (Å²) in [6, 6.07) is 10.5. The number of benzene rings is 1. The zero-order valence-corrected chi connectivity index (χ0v) is 14.7. The second-order valence-corrected chi connectivity index (χ2v) is 6.45. The molecule has 1 aromatic carbocycles. The molecule has 7 heteroatoms. The molecule has 0 radical (unpaired) electrons. The molecule has 1 aliphatic rings. The van der Waals surface area contributed by atoms with Crippen LogP contribution in [0.15, 0.2) is 52.0 Å². The third-order valence-corrected chi connectivity index (χ3v) is 4.39. The summed E-state index contributed by atoms with van der Waals surface area (Å²) in [5, 5.41) is 3.36. The number of nitrogens with zero attached hydrogens (tertiary/aromatic N) is 2. The van der Waals surface area contributed by atoms with Gasteiger partial charge in [-0.3, -0.25) is 4.79 Å². The number of aromatic nitrogens is 1. The van der Waals surface area contributed by atoms with Crippen molar-refractivity contribution in [3.63, 3.8) is 0 Å². The number of amides is 1. The number of furan rings is 1. The Bertz CT molecular complexity index is 1060. The van der Waals surface area contributed by atoms with E-state index in [1.165, 1.54) is 0 Å². The summed E-state index contributed by atoms with van der Waals surface area (Å²) in [7, 11) is 0. The monoisotopic (exact) mass is 366 g/mol. The van der Waals surface area contributed by atoms with Gasteiger partial charge in [0.25, 0.3) is 5.91 Å². The van der Waals surface area contributed by atoms with E-state index in [9.17, 15) is 4.79 Å². The molecule has 2 aromatic heterocycles. The summed E-state index contributed by atoms with van der Waals surface area (Å²) in [6.07, 6.45) is 2.16. The lowest BCUT2D eigenvalue weighted by Gasteiger charge is -2.08. The molecule has 26 heavy (non-hydrogen) atoms. The van der Waals surface area contributed by atoms with Crippen molar-refractivity contribution in [2.45, 2.75) is 13.3 Å². The molecule has 0 bridgehead atoms. The molecule has 0 unspecified atom stereocenters. The van der Waals surface area contributed by atoms with Gasteiger partial charge in [-0.05, 0) is 43.3 Å². The SMILES string of the molecule is Cc1ccc(C(=O)Nc2ccc(Cl)c(C3=Nc4ncc(N)cc4C3)c2)o1. The smallest absolute Gasteiger partial charge is 0.291 e. The summed E-state index contributed by atoms with van der Waals surface area (Å²) in [5.41, 5.74) is 9.48. The minimum atomic E-state index is -0.322. The summed E-state index contributed by atoms with van der Waals surface area (Å²) in [5.74, 6) is 1.25. The number of anilines is 2. The van der Waals surface area contributed by atoms with E-state index in [1.807, 2.05) is 6.07 Å². The molecule has 3 aromatic rings. The Kier molecular flexibility index (Phi) is 3.97. The molecule has 4 rings (SSSR count). The molecule has 3 N–H and O–H groups in total. The van der Waals surface area contributed by atoms with Crippen molar-refractivity contribution in [3.05, 3.63) is 70.3 Å². The molecular weight excluding hydrogens is 352 g/mol. The Morgan fingerprint density at radius 1 is 1.27 bits per heavy atom. The molecule has 0 aliphatic carbocycles. The number of carbonyl (C=O) groups is 1. The van der Waals surface area contributed by atoms with Crippen molar-refractivity contribution >= 4 is 40.4 Å². The highest BCUT2D eigenvalue weighted by atomic mass is 35.5. The van der Waals surface area contributed by atoms with E-state index in [1.54, 1.807) is 43.5 Å². The van der Waals surface area contributed by atoms with Crippen LogP contribution in [-0.2, 0) is 6.42 Å². The minimum absolute atomic E-state index is 0.254. The predicted octanol–water partition coefficient (Wildman–Crippen LogP) is 4.15. The standard InChI is InChI=1S/C19H15ClN4O2/c1-10-2-5-17(26-10)19(25)23-13-3-4-15(20)14(8-13)16-7-11-6-12(21)9-22-18(11)24-16/h2-6,8-9H,7,21H2,1H3,(H,23,25). The number of carbonyl (C=O) groups excluding carboxylic acids is 1. The molecule has 0 saturated heterocycles. The van der Waals surface area contributed by atoms with Crippen molar-refractivity contribution in [2.24, 2.45) is 4.99 Å². The van der Waals surface area contributed by atoms with E-state index >= 15 is 0 Å². The Morgan fingerprint density at radius 3 is 2.88 bits per heavy atom. The average Bonchev–Trinajstić information content (AvgIpc) is 3.22. The highest BCUT2D eigenvalue weighted by molar-refractivity contribution is 6.34. The number of hydrogen-bond acceptors (Lipinski definition) is 5. The first-order chi connectivity index (χ1) is 12.5. The Morgan fingerprint density at radius 2 is 2.12 bits per heavy atom. The van der Waals surface area contributed by atoms with Gasteiger partial charge in [-0.2, -0.15) is 0 Å². The van der Waals surface area contributed by atoms with Crippen LogP contribution >= 0.6 is 11.6 Å². The van der Waals surface area contributed by atoms with Crippen molar-refractivity contribution in [2.75, 3.05) is 11.1 Å². The van der Waals surface area contributed by atoms with Crippen LogP contribution in [0.4, 0.5) is 17.2 Å². The number of aliphatic imine (C=N–C) groups is 1. The number of nitrogen functional groups attached to an aromatic ring is 1. The van der Waals surface area contributed by atoms with E-state index in [2.05, 4.69) is 15.3 Å². The van der Waals surface area contributed by atoms with E-state index in [0.29, 0.717) is 34.4 Å². The lowest BCUT2D eigenvalue weighted by Crippen LogP contribution is -2.12. The first-order valence-electron chi connectivity index (χ1n) is 7.99. The van der Waals surface area contributed by atoms with Crippen molar-refractivity contribution < 1.29 is 9.21 Å². The lowest BCUT2D eigenvalue weighted by atomic mass is 10.0. The number of hydrogen-bond donors (Lipinski definition) is 2. The third-order valence-electron chi connectivity index (χ3n) is 4.06. The van der Waals surface area contributed by atoms with Crippen LogP contribution in [0, 0.1) is 6.92 Å². The maximum absolute atomic E-state index is 12.3. The second kappa shape index (κ2) is 6.31. The van der Waals surface area contributed by atoms with Crippen LogP contribution < -0.4 is 11.1 Å². The highest BCUT2D eigenvalue weighted by Crippen LogP contribution is 2.31. The number of aryl methyl sites for hydroxylation is 1. The molecule has 0 atom stereocenters. The largest absolute Gasteiger partial charge is 0.456 e. The molecule has 130 valence electrons. The fraction of sp³-hybridized carbons (Fsp3) is 0.105. The number of halogens is 1. The third kappa shape index (κ3) is 3.07. The quantitative estimate of drug-likeness (QED) is 0.728. The molecule has 0 saturated carbocycles. The van der Waals surface area contributed by atoms with Crippen molar-refractivity contribution in [1.82, 2.24) is 4.98 Å². The van der Waals surface area contributed by atoms with Crippen LogP contribution in [0.2, 0.25) is 5.02 Å². The number of nitrogens with two attached hydrogens (primary N) is 1. The molecule has 0 fully saturated rings. The van der Waals surface area contributed by atoms with Gasteiger partial charge in [0.1, 0.15) is 5.76 Å². The topological polar surface area (TPSA) is 93.5 Å². The summed E-state index contributed by atoms with van der Waals surface area (Å²) in [6.45, 7) is 1.79. The fourth-order valence-corrected chi connectivity index (χ4v) is 3.06. The van der Waals surface area contributed by atoms with Crippen molar-refractivity contribution in [3.8, 4) is 0 Å². The minimum Gasteiger partial charge on any atom is -0.456 e. The van der Waals surface area contributed by atoms with Gasteiger partial charge >= 0.3 is 0 Å². The second-order valence-electron chi connectivity index (χ2n) is 6.05. The summed E-state index contributed by atoms with van der Waals surface area (Å²) in [4.78, 5) is 21.0. The average molecular weight is 367 g/mol. The Balaban J connectivity index is 1.60. The van der Waals surface area contributed by atoms with Gasteiger partial charge in [-0.1, -0.05) is 11.6 Å². The molecular formula is C19H15ClN4O2. The maximum atomic E-state index is 12.3. The predicted molar refractivity (Wildman–Crippen MR) is 101 cm³/mol. The molecule has 3 heterocycles. The van der Waals surface area contributed by atoms with Crippen LogP contribution in [-0.4, -0.2) is 16.6 Å². The number of fused-ring (bicyclic) bond motifs is 1. The first kappa shape index (κ1) is 16.4. The normalized spacial score (nSPS) is 12.6. The van der Waals surface area contributed by atoms with Gasteiger partial charge in [0, 0.05) is 28.3 Å². The van der Waals surface area contributed by atoms with Gasteiger partial charge in [-0.15, -0.1) is 0 Å². The van der Waals surface area contributed by atoms with Gasteiger partial charge in [0.05, 0.1) is 17.6 Å². The number of nitrogens with one attached hydrogen (secondary N) is 1. The molecule has 1 aliphatic heterocycles. The van der Waals surface area contributed by atoms with Gasteiger partial charge in [0.15, 0.2) is 11.6 Å². The highest BCUT2D eigenvalue weighted by Gasteiger charge is 2.20. The van der Waals surface area contributed by atoms with Crippen LogP contribution in [0.3, 0.4) is 0 Å². The number of pyridine rings is 1. The number of rotatable bonds is 3. The van der Waals surface area contributed by atoms with E-state index in [4.69, 9.17) is 21.8 Å². The van der Waals surface area contributed by atoms with E-state index in [0.717, 1.165) is 16.8 Å². The Labute approximate surface area is 154 Å². The lowest BCUT2D eigenvalue weighted by molar-refractivity contribution is 0.0995. The van der Waals surface area contributed by atoms with Crippen LogP contribution in [0.1, 0.15) is 27.4 Å². The Hall–Kier alpha value is -3.12.